The number of nitrogens with one attached hydrogen (secondary N) is 8. The number of fused-ring (bicyclic) bond motifs is 1. The van der Waals surface area contributed by atoms with Crippen molar-refractivity contribution in [2.24, 2.45) is 17.1 Å². The molecule has 1 fully saturated rings. The van der Waals surface area contributed by atoms with Gasteiger partial charge in [-0.15, -0.1) is 0 Å². The summed E-state index contributed by atoms with van der Waals surface area (Å²) in [4.78, 5) is 97.1. The third-order valence-electron chi connectivity index (χ3n) is 13.0. The Morgan fingerprint density at radius 2 is 1.34 bits per heavy atom. The third kappa shape index (κ3) is 23.5. The summed E-state index contributed by atoms with van der Waals surface area (Å²) in [5, 5.41) is 22.4. The molecule has 5 atom stereocenters. The van der Waals surface area contributed by atoms with Gasteiger partial charge in [-0.05, 0) is 137 Å². The highest BCUT2D eigenvalue weighted by molar-refractivity contribution is 5.95. The molecule has 0 radical (unpaired) electrons. The molecule has 0 aromatic heterocycles. The van der Waals surface area contributed by atoms with Gasteiger partial charge in [0.15, 0.2) is 0 Å². The van der Waals surface area contributed by atoms with E-state index >= 15 is 0 Å². The number of nitrogens with zero attached hydrogens (tertiary/aromatic N) is 1. The second-order valence-electron chi connectivity index (χ2n) is 20.7. The van der Waals surface area contributed by atoms with E-state index in [4.69, 9.17) is 5.73 Å². The summed E-state index contributed by atoms with van der Waals surface area (Å²) in [6.45, 7) is 19.3. The normalized spacial score (nSPS) is 15.7. The van der Waals surface area contributed by atoms with Gasteiger partial charge in [-0.2, -0.15) is 0 Å². The number of rotatable bonds is 22. The Morgan fingerprint density at radius 3 is 1.88 bits per heavy atom. The Bertz CT molecular complexity index is 2280. The summed E-state index contributed by atoms with van der Waals surface area (Å²) in [6.07, 6.45) is 8.61. The van der Waals surface area contributed by atoms with Crippen LogP contribution in [-0.4, -0.2) is 124 Å². The number of carbonyl (C=O) groups is 8. The number of likely N-dealkylation sites (N-methyl/N-ethyl adjacent to an activating group) is 2. The molecule has 2 aliphatic rings. The SMILES string of the molecule is CC(C)C(C)NC=O.CCC.CNC(C)C(=O)NCC(=O)NCCCNC(=O)c1ccc(CCc2ccc(C(N)=O)cc2)cc1.CNCC(=O)NC(C(=O)N1CCCC1C(=O)NC1CCCc2ccccc21)C(C)(C)C. The predicted molar refractivity (Wildman–Crippen MR) is 300 cm³/mol. The van der Waals surface area contributed by atoms with Gasteiger partial charge in [-0.3, -0.25) is 38.4 Å². The quantitative estimate of drug-likeness (QED) is 0.0497. The first-order chi connectivity index (χ1) is 36.1. The second-order valence-corrected chi connectivity index (χ2v) is 20.7. The number of hydrogen-bond donors (Lipinski definition) is 9. The first-order valence-corrected chi connectivity index (χ1v) is 26.9. The van der Waals surface area contributed by atoms with Crippen LogP contribution in [0.3, 0.4) is 0 Å². The van der Waals surface area contributed by atoms with Crippen molar-refractivity contribution < 1.29 is 38.4 Å². The molecule has 1 aliphatic carbocycles. The average molecular weight is 1060 g/mol. The van der Waals surface area contributed by atoms with Crippen LogP contribution >= 0.6 is 0 Å². The van der Waals surface area contributed by atoms with Crippen molar-refractivity contribution in [2.45, 2.75) is 150 Å². The Morgan fingerprint density at radius 1 is 0.750 bits per heavy atom. The van der Waals surface area contributed by atoms with E-state index in [1.165, 1.54) is 17.5 Å². The van der Waals surface area contributed by atoms with Crippen molar-refractivity contribution in [1.29, 1.82) is 0 Å². The van der Waals surface area contributed by atoms with Gasteiger partial charge in [0.25, 0.3) is 5.91 Å². The molecule has 1 heterocycles. The number of primary amides is 1. The van der Waals surface area contributed by atoms with Gasteiger partial charge in [0, 0.05) is 36.8 Å². The van der Waals surface area contributed by atoms with Gasteiger partial charge in [0.1, 0.15) is 12.1 Å². The largest absolute Gasteiger partial charge is 0.366 e. The molecule has 0 saturated carbocycles. The Kier molecular flexibility index (Phi) is 30.0. The van der Waals surface area contributed by atoms with Crippen LogP contribution in [0.5, 0.6) is 0 Å². The molecule has 420 valence electrons. The van der Waals surface area contributed by atoms with Crippen LogP contribution in [0.4, 0.5) is 0 Å². The summed E-state index contributed by atoms with van der Waals surface area (Å²) in [5.74, 6) is -1.11. The molecule has 5 unspecified atom stereocenters. The van der Waals surface area contributed by atoms with Crippen LogP contribution < -0.4 is 48.3 Å². The Hall–Kier alpha value is -6.66. The lowest BCUT2D eigenvalue weighted by molar-refractivity contribution is -0.144. The van der Waals surface area contributed by atoms with Crippen LogP contribution in [0.25, 0.3) is 0 Å². The topological polar surface area (TPSA) is 262 Å². The zero-order chi connectivity index (χ0) is 56.8. The monoisotopic (exact) mass is 1050 g/mol. The van der Waals surface area contributed by atoms with Gasteiger partial charge in [-0.25, -0.2) is 0 Å². The molecule has 1 saturated heterocycles. The van der Waals surface area contributed by atoms with Crippen LogP contribution in [0, 0.1) is 11.3 Å². The number of benzene rings is 3. The number of aryl methyl sites for hydroxylation is 3. The van der Waals surface area contributed by atoms with Gasteiger partial charge in [0.2, 0.25) is 41.9 Å². The summed E-state index contributed by atoms with van der Waals surface area (Å²) in [5.41, 5.74) is 10.5. The molecule has 76 heavy (non-hydrogen) atoms. The molecular weight excluding hydrogens is 965 g/mol. The maximum Gasteiger partial charge on any atom is 0.251 e. The zero-order valence-electron chi connectivity index (χ0n) is 47.2. The molecule has 0 bridgehead atoms. The van der Waals surface area contributed by atoms with Crippen molar-refractivity contribution in [1.82, 2.24) is 47.4 Å². The van der Waals surface area contributed by atoms with E-state index in [1.54, 1.807) is 50.2 Å². The van der Waals surface area contributed by atoms with Crippen LogP contribution in [0.1, 0.15) is 150 Å². The highest BCUT2D eigenvalue weighted by atomic mass is 16.2. The lowest BCUT2D eigenvalue weighted by Crippen LogP contribution is -2.58. The Balaban J connectivity index is 0.000000436. The second kappa shape index (κ2) is 34.8. The summed E-state index contributed by atoms with van der Waals surface area (Å²) < 4.78 is 0. The standard InChI is InChI=1S/C25H33N5O4.C24H36N4O3.C6H13NO.C3H8/c1-17(27-2)24(33)30-16-22(31)28-14-3-15-29-25(34)21-12-8-19(9-13-21)5-4-18-6-10-20(11-7-18)23(26)32;1-24(2,3)21(27-20(29)15-25-4)23(31)28-14-8-13-19(28)22(30)26-18-12-7-10-16-9-5-6-11-17(16)18;1-5(2)6(3)7-4-8;1-3-2/h6-13,17,27H,3-5,14-16H2,1-2H3,(H2,26,32)(H,28,31)(H,29,34)(H,30,33);5-6,9,11,18-19,21,25H,7-8,10,12-15H2,1-4H3,(H,26,30)(H,27,29);4-6H,1-3H3,(H,7,8);3H2,1-2H3. The molecular formula is C58H90N10O8. The van der Waals surface area contributed by atoms with E-state index in [1.807, 2.05) is 64.1 Å². The van der Waals surface area contributed by atoms with Crippen LogP contribution in [-0.2, 0) is 48.0 Å². The van der Waals surface area contributed by atoms with Gasteiger partial charge in [0.05, 0.1) is 25.2 Å². The maximum absolute atomic E-state index is 13.4. The van der Waals surface area contributed by atoms with Crippen molar-refractivity contribution in [2.75, 3.05) is 46.8 Å². The van der Waals surface area contributed by atoms with Crippen molar-refractivity contribution in [3.63, 3.8) is 0 Å². The third-order valence-corrected chi connectivity index (χ3v) is 13.0. The van der Waals surface area contributed by atoms with Crippen LogP contribution in [0.15, 0.2) is 72.8 Å². The van der Waals surface area contributed by atoms with Gasteiger partial charge in [-0.1, -0.05) is 103 Å². The van der Waals surface area contributed by atoms with Gasteiger partial charge >= 0.3 is 0 Å². The minimum Gasteiger partial charge on any atom is -0.366 e. The van der Waals surface area contributed by atoms with E-state index in [0.29, 0.717) is 55.6 Å². The molecule has 3 aromatic carbocycles. The summed E-state index contributed by atoms with van der Waals surface area (Å²) in [6, 6.07) is 21.7. The summed E-state index contributed by atoms with van der Waals surface area (Å²) in [7, 11) is 3.36. The first kappa shape index (κ1) is 65.5. The van der Waals surface area contributed by atoms with E-state index in [9.17, 15) is 38.4 Å². The molecule has 18 nitrogen and oxygen atoms in total. The lowest BCUT2D eigenvalue weighted by atomic mass is 9.85. The van der Waals surface area contributed by atoms with E-state index in [2.05, 4.69) is 82.4 Å². The number of nitrogens with two attached hydrogens (primary N) is 1. The van der Waals surface area contributed by atoms with Crippen molar-refractivity contribution in [3.05, 3.63) is 106 Å². The smallest absolute Gasteiger partial charge is 0.251 e. The summed E-state index contributed by atoms with van der Waals surface area (Å²) >= 11 is 0. The van der Waals surface area contributed by atoms with Gasteiger partial charge < -0.3 is 53.2 Å². The molecule has 1 aliphatic heterocycles. The molecule has 10 N–H and O–H groups in total. The molecule has 0 spiro atoms. The highest BCUT2D eigenvalue weighted by Gasteiger charge is 2.42. The lowest BCUT2D eigenvalue weighted by Gasteiger charge is -2.36. The fourth-order valence-corrected chi connectivity index (χ4v) is 8.04. The fourth-order valence-electron chi connectivity index (χ4n) is 8.04. The molecule has 5 rings (SSSR count). The highest BCUT2D eigenvalue weighted by Crippen LogP contribution is 2.31. The van der Waals surface area contributed by atoms with Crippen molar-refractivity contribution >= 4 is 47.8 Å². The average Bonchev–Trinajstić information content (AvgIpc) is 3.90. The van der Waals surface area contributed by atoms with E-state index in [-0.39, 0.29) is 60.6 Å². The molecule has 3 aromatic rings. The number of amides is 8. The zero-order valence-corrected chi connectivity index (χ0v) is 47.2. The minimum atomic E-state index is -0.683. The first-order valence-electron chi connectivity index (χ1n) is 26.9. The Labute approximate surface area is 452 Å². The van der Waals surface area contributed by atoms with Crippen LogP contribution in [0.2, 0.25) is 0 Å². The molecule has 8 amide bonds. The molecule has 18 heteroatoms. The predicted octanol–water partition coefficient (Wildman–Crippen LogP) is 4.65. The fraction of sp³-hybridized carbons (Fsp3) is 0.552. The van der Waals surface area contributed by atoms with Crippen molar-refractivity contribution in [3.8, 4) is 0 Å². The van der Waals surface area contributed by atoms with E-state index in [0.717, 1.165) is 56.1 Å². The number of hydrogen-bond acceptors (Lipinski definition) is 10. The number of carbonyl (C=O) groups excluding carboxylic acids is 8. The number of likely N-dealkylation sites (tertiary alicyclic amines) is 1. The maximum atomic E-state index is 13.4. The van der Waals surface area contributed by atoms with E-state index < -0.39 is 23.4 Å². The minimum absolute atomic E-state index is 0.0104.